The van der Waals surface area contributed by atoms with Crippen LogP contribution in [0, 0.1) is 5.41 Å². The van der Waals surface area contributed by atoms with E-state index in [0.717, 1.165) is 18.8 Å². The standard InChI is InChI=1S/C17H23NO2/c1-17(2,12-19)11-18-10-15-14-7-5-4-6-13(14)8-9-16(15)20-3/h4-9,18-19H,10-12H2,1-3H3. The fourth-order valence-corrected chi connectivity index (χ4v) is 2.27. The number of methoxy groups -OCH3 is 1. The molecule has 2 N–H and O–H groups in total. The second-order valence-electron chi connectivity index (χ2n) is 5.89. The zero-order valence-electron chi connectivity index (χ0n) is 12.4. The number of aliphatic hydroxyl groups excluding tert-OH is 1. The van der Waals surface area contributed by atoms with Gasteiger partial charge in [-0.05, 0) is 16.8 Å². The second kappa shape index (κ2) is 6.25. The third kappa shape index (κ3) is 3.30. The number of fused-ring (bicyclic) bond motifs is 1. The molecule has 0 aliphatic carbocycles. The highest BCUT2D eigenvalue weighted by Crippen LogP contribution is 2.28. The van der Waals surface area contributed by atoms with Crippen LogP contribution in [0.1, 0.15) is 19.4 Å². The molecule has 2 aromatic carbocycles. The van der Waals surface area contributed by atoms with Crippen molar-refractivity contribution in [2.24, 2.45) is 5.41 Å². The van der Waals surface area contributed by atoms with E-state index in [0.29, 0.717) is 0 Å². The topological polar surface area (TPSA) is 41.5 Å². The first kappa shape index (κ1) is 14.8. The first-order chi connectivity index (χ1) is 9.57. The normalized spacial score (nSPS) is 11.8. The van der Waals surface area contributed by atoms with Gasteiger partial charge in [-0.25, -0.2) is 0 Å². The first-order valence-corrected chi connectivity index (χ1v) is 6.93. The van der Waals surface area contributed by atoms with E-state index in [9.17, 15) is 5.11 Å². The Balaban J connectivity index is 2.23. The summed E-state index contributed by atoms with van der Waals surface area (Å²) in [6, 6.07) is 12.4. The third-order valence-corrected chi connectivity index (χ3v) is 3.55. The average molecular weight is 273 g/mol. The number of hydrogen-bond donors (Lipinski definition) is 2. The van der Waals surface area contributed by atoms with Gasteiger partial charge in [0.15, 0.2) is 0 Å². The Morgan fingerprint density at radius 3 is 2.60 bits per heavy atom. The van der Waals surface area contributed by atoms with Gasteiger partial charge in [-0.15, -0.1) is 0 Å². The molecule has 0 heterocycles. The lowest BCUT2D eigenvalue weighted by molar-refractivity contribution is 0.156. The van der Waals surface area contributed by atoms with E-state index in [1.165, 1.54) is 16.3 Å². The molecule has 0 atom stereocenters. The number of hydrogen-bond acceptors (Lipinski definition) is 3. The maximum atomic E-state index is 9.30. The zero-order valence-corrected chi connectivity index (χ0v) is 12.4. The van der Waals surface area contributed by atoms with Crippen molar-refractivity contribution in [3.8, 4) is 5.75 Å². The summed E-state index contributed by atoms with van der Waals surface area (Å²) in [5.74, 6) is 0.901. The van der Waals surface area contributed by atoms with Gasteiger partial charge in [0.05, 0.1) is 7.11 Å². The smallest absolute Gasteiger partial charge is 0.123 e. The summed E-state index contributed by atoms with van der Waals surface area (Å²) in [5, 5.41) is 15.1. The Morgan fingerprint density at radius 1 is 1.15 bits per heavy atom. The maximum Gasteiger partial charge on any atom is 0.123 e. The second-order valence-corrected chi connectivity index (χ2v) is 5.89. The molecule has 0 aromatic heterocycles. The molecule has 20 heavy (non-hydrogen) atoms. The van der Waals surface area contributed by atoms with Crippen molar-refractivity contribution in [1.29, 1.82) is 0 Å². The predicted octanol–water partition coefficient (Wildman–Crippen LogP) is 2.96. The van der Waals surface area contributed by atoms with Crippen molar-refractivity contribution in [3.63, 3.8) is 0 Å². The molecule has 0 saturated heterocycles. The molecule has 0 spiro atoms. The molecule has 0 saturated carbocycles. The van der Waals surface area contributed by atoms with Crippen LogP contribution in [-0.4, -0.2) is 25.4 Å². The Labute approximate surface area is 120 Å². The number of nitrogens with one attached hydrogen (secondary N) is 1. The number of benzene rings is 2. The van der Waals surface area contributed by atoms with E-state index < -0.39 is 0 Å². The molecule has 3 heteroatoms. The van der Waals surface area contributed by atoms with Crippen molar-refractivity contribution in [2.75, 3.05) is 20.3 Å². The van der Waals surface area contributed by atoms with Gasteiger partial charge in [0.2, 0.25) is 0 Å². The molecule has 0 bridgehead atoms. The van der Waals surface area contributed by atoms with Gasteiger partial charge in [-0.2, -0.15) is 0 Å². The molecule has 0 aliphatic rings. The largest absolute Gasteiger partial charge is 0.496 e. The number of rotatable bonds is 6. The summed E-state index contributed by atoms with van der Waals surface area (Å²) in [7, 11) is 1.70. The predicted molar refractivity (Wildman–Crippen MR) is 83.1 cm³/mol. The van der Waals surface area contributed by atoms with Crippen LogP contribution in [0.3, 0.4) is 0 Å². The van der Waals surface area contributed by atoms with Gasteiger partial charge >= 0.3 is 0 Å². The van der Waals surface area contributed by atoms with Crippen LogP contribution in [0.2, 0.25) is 0 Å². The van der Waals surface area contributed by atoms with Gasteiger partial charge in [-0.1, -0.05) is 44.2 Å². The molecular weight excluding hydrogens is 250 g/mol. The van der Waals surface area contributed by atoms with Crippen LogP contribution in [0.5, 0.6) is 5.75 Å². The van der Waals surface area contributed by atoms with E-state index in [1.54, 1.807) is 7.11 Å². The van der Waals surface area contributed by atoms with Crippen LogP contribution in [-0.2, 0) is 6.54 Å². The monoisotopic (exact) mass is 273 g/mol. The zero-order chi connectivity index (χ0) is 14.6. The Kier molecular flexibility index (Phi) is 4.63. The van der Waals surface area contributed by atoms with E-state index >= 15 is 0 Å². The van der Waals surface area contributed by atoms with Gasteiger partial charge in [-0.3, -0.25) is 0 Å². The Hall–Kier alpha value is -1.58. The van der Waals surface area contributed by atoms with Gasteiger partial charge in [0, 0.05) is 30.7 Å². The van der Waals surface area contributed by atoms with Crippen LogP contribution in [0.25, 0.3) is 10.8 Å². The summed E-state index contributed by atoms with van der Waals surface area (Å²) in [6.45, 7) is 5.75. The molecular formula is C17H23NO2. The van der Waals surface area contributed by atoms with Crippen molar-refractivity contribution in [2.45, 2.75) is 20.4 Å². The number of aliphatic hydroxyl groups is 1. The molecule has 0 amide bonds. The quantitative estimate of drug-likeness (QED) is 0.850. The Bertz CT molecular complexity index is 578. The summed E-state index contributed by atoms with van der Waals surface area (Å²) >= 11 is 0. The molecule has 2 rings (SSSR count). The highest BCUT2D eigenvalue weighted by Gasteiger charge is 2.16. The minimum atomic E-state index is -0.113. The van der Waals surface area contributed by atoms with E-state index in [-0.39, 0.29) is 12.0 Å². The van der Waals surface area contributed by atoms with Crippen LogP contribution >= 0.6 is 0 Å². The summed E-state index contributed by atoms with van der Waals surface area (Å²) in [4.78, 5) is 0. The lowest BCUT2D eigenvalue weighted by Crippen LogP contribution is -2.32. The van der Waals surface area contributed by atoms with Crippen molar-refractivity contribution < 1.29 is 9.84 Å². The maximum absolute atomic E-state index is 9.30. The summed E-state index contributed by atoms with van der Waals surface area (Å²) in [5.41, 5.74) is 1.05. The molecule has 0 fully saturated rings. The lowest BCUT2D eigenvalue weighted by atomic mass is 9.94. The SMILES string of the molecule is COc1ccc2ccccc2c1CNCC(C)(C)CO. The van der Waals surface area contributed by atoms with Gasteiger partial charge in [0.25, 0.3) is 0 Å². The van der Waals surface area contributed by atoms with Crippen molar-refractivity contribution in [3.05, 3.63) is 42.0 Å². The van der Waals surface area contributed by atoms with Crippen LogP contribution in [0.15, 0.2) is 36.4 Å². The summed E-state index contributed by atoms with van der Waals surface area (Å²) in [6.07, 6.45) is 0. The van der Waals surface area contributed by atoms with Crippen LogP contribution < -0.4 is 10.1 Å². The van der Waals surface area contributed by atoms with Gasteiger partial charge < -0.3 is 15.2 Å². The number of ether oxygens (including phenoxy) is 1. The Morgan fingerprint density at radius 2 is 1.90 bits per heavy atom. The van der Waals surface area contributed by atoms with E-state index in [4.69, 9.17) is 4.74 Å². The molecule has 2 aromatic rings. The molecule has 0 unspecified atom stereocenters. The van der Waals surface area contributed by atoms with Crippen molar-refractivity contribution >= 4 is 10.8 Å². The fourth-order valence-electron chi connectivity index (χ4n) is 2.27. The highest BCUT2D eigenvalue weighted by atomic mass is 16.5. The van der Waals surface area contributed by atoms with E-state index in [1.807, 2.05) is 32.0 Å². The van der Waals surface area contributed by atoms with Crippen molar-refractivity contribution in [1.82, 2.24) is 5.32 Å². The first-order valence-electron chi connectivity index (χ1n) is 6.93. The fraction of sp³-hybridized carbons (Fsp3) is 0.412. The third-order valence-electron chi connectivity index (χ3n) is 3.55. The minimum Gasteiger partial charge on any atom is -0.496 e. The van der Waals surface area contributed by atoms with Gasteiger partial charge in [0.1, 0.15) is 5.75 Å². The van der Waals surface area contributed by atoms with E-state index in [2.05, 4.69) is 23.5 Å². The highest BCUT2D eigenvalue weighted by molar-refractivity contribution is 5.87. The molecule has 3 nitrogen and oxygen atoms in total. The average Bonchev–Trinajstić information content (AvgIpc) is 2.47. The lowest BCUT2D eigenvalue weighted by Gasteiger charge is -2.22. The van der Waals surface area contributed by atoms with Crippen LogP contribution in [0.4, 0.5) is 0 Å². The molecule has 108 valence electrons. The minimum absolute atomic E-state index is 0.113. The molecule has 0 aliphatic heterocycles. The molecule has 0 radical (unpaired) electrons. The summed E-state index contributed by atoms with van der Waals surface area (Å²) < 4.78 is 5.47.